The highest BCUT2D eigenvalue weighted by atomic mass is 16.3. The van der Waals surface area contributed by atoms with E-state index in [1.165, 1.54) is 0 Å². The molecule has 3 N–H and O–H groups in total. The molecule has 4 nitrogen and oxygen atoms in total. The van der Waals surface area contributed by atoms with E-state index in [2.05, 4.69) is 16.0 Å². The highest BCUT2D eigenvalue weighted by Gasteiger charge is 2.22. The monoisotopic (exact) mass is 249 g/mol. The molecule has 2 rings (SSSR count). The van der Waals surface area contributed by atoms with E-state index in [0.717, 1.165) is 37.3 Å². The Kier molecular flexibility index (Phi) is 4.19. The normalized spacial score (nSPS) is 20.8. The Labute approximate surface area is 109 Å². The van der Waals surface area contributed by atoms with E-state index in [4.69, 9.17) is 5.73 Å². The van der Waals surface area contributed by atoms with Gasteiger partial charge in [-0.2, -0.15) is 0 Å². The van der Waals surface area contributed by atoms with Crippen LogP contribution in [0.15, 0.2) is 18.3 Å². The SMILES string of the molecule is CC(N)c1ccc(N2CCC(C(C)O)CC2)cn1. The third-order valence-electron chi connectivity index (χ3n) is 3.82. The van der Waals surface area contributed by atoms with Crippen molar-refractivity contribution in [1.29, 1.82) is 0 Å². The first-order valence-corrected chi connectivity index (χ1v) is 6.72. The number of aliphatic hydroxyl groups is 1. The summed E-state index contributed by atoms with van der Waals surface area (Å²) in [6.45, 7) is 5.82. The molecule has 4 heteroatoms. The standard InChI is InChI=1S/C14H23N3O/c1-10(15)14-4-3-13(9-16-14)17-7-5-12(6-8-17)11(2)18/h3-4,9-12,18H,5-8,15H2,1-2H3. The summed E-state index contributed by atoms with van der Waals surface area (Å²) in [6, 6.07) is 4.08. The van der Waals surface area contributed by atoms with Crippen LogP contribution in [-0.4, -0.2) is 29.3 Å². The van der Waals surface area contributed by atoms with Crippen molar-refractivity contribution in [1.82, 2.24) is 4.98 Å². The van der Waals surface area contributed by atoms with Gasteiger partial charge >= 0.3 is 0 Å². The van der Waals surface area contributed by atoms with Crippen molar-refractivity contribution in [3.8, 4) is 0 Å². The molecule has 1 fully saturated rings. The molecule has 0 aliphatic carbocycles. The van der Waals surface area contributed by atoms with Gasteiger partial charge in [0.05, 0.1) is 23.7 Å². The van der Waals surface area contributed by atoms with Gasteiger partial charge in [0.2, 0.25) is 0 Å². The fraction of sp³-hybridized carbons (Fsp3) is 0.643. The molecular weight excluding hydrogens is 226 g/mol. The molecule has 2 unspecified atom stereocenters. The molecule has 0 bridgehead atoms. The number of piperidine rings is 1. The maximum absolute atomic E-state index is 9.59. The van der Waals surface area contributed by atoms with Crippen molar-refractivity contribution in [2.75, 3.05) is 18.0 Å². The van der Waals surface area contributed by atoms with Crippen LogP contribution in [0.4, 0.5) is 5.69 Å². The van der Waals surface area contributed by atoms with Gasteiger partial charge in [-0.15, -0.1) is 0 Å². The average molecular weight is 249 g/mol. The van der Waals surface area contributed by atoms with E-state index in [1.54, 1.807) is 0 Å². The zero-order valence-corrected chi connectivity index (χ0v) is 11.2. The third kappa shape index (κ3) is 3.00. The Morgan fingerprint density at radius 3 is 2.44 bits per heavy atom. The van der Waals surface area contributed by atoms with E-state index in [-0.39, 0.29) is 12.1 Å². The number of hydrogen-bond donors (Lipinski definition) is 2. The van der Waals surface area contributed by atoms with Gasteiger partial charge in [0, 0.05) is 19.1 Å². The summed E-state index contributed by atoms with van der Waals surface area (Å²) in [7, 11) is 0. The van der Waals surface area contributed by atoms with Crippen molar-refractivity contribution >= 4 is 5.69 Å². The summed E-state index contributed by atoms with van der Waals surface area (Å²) < 4.78 is 0. The summed E-state index contributed by atoms with van der Waals surface area (Å²) in [5.74, 6) is 0.442. The Balaban J connectivity index is 1.97. The summed E-state index contributed by atoms with van der Waals surface area (Å²) in [5, 5.41) is 9.59. The Hall–Kier alpha value is -1.13. The first-order chi connectivity index (χ1) is 8.58. The summed E-state index contributed by atoms with van der Waals surface area (Å²) >= 11 is 0. The molecule has 2 heterocycles. The van der Waals surface area contributed by atoms with E-state index in [1.807, 2.05) is 26.1 Å². The lowest BCUT2D eigenvalue weighted by Gasteiger charge is -2.34. The summed E-state index contributed by atoms with van der Waals surface area (Å²) in [5.41, 5.74) is 7.87. The molecule has 100 valence electrons. The van der Waals surface area contributed by atoms with Gasteiger partial charge < -0.3 is 15.7 Å². The van der Waals surface area contributed by atoms with Crippen molar-refractivity contribution in [2.45, 2.75) is 38.8 Å². The van der Waals surface area contributed by atoms with E-state index in [0.29, 0.717) is 5.92 Å². The minimum absolute atomic E-state index is 0.0139. The van der Waals surface area contributed by atoms with Crippen LogP contribution >= 0.6 is 0 Å². The molecule has 0 amide bonds. The molecule has 0 radical (unpaired) electrons. The van der Waals surface area contributed by atoms with Crippen molar-refractivity contribution in [3.63, 3.8) is 0 Å². The number of nitrogens with zero attached hydrogens (tertiary/aromatic N) is 2. The van der Waals surface area contributed by atoms with Gasteiger partial charge in [0.25, 0.3) is 0 Å². The average Bonchev–Trinajstić information content (AvgIpc) is 2.39. The first-order valence-electron chi connectivity index (χ1n) is 6.72. The number of pyridine rings is 1. The largest absolute Gasteiger partial charge is 0.393 e. The second kappa shape index (κ2) is 5.67. The lowest BCUT2D eigenvalue weighted by atomic mass is 9.92. The van der Waals surface area contributed by atoms with Crippen LogP contribution in [0, 0.1) is 5.92 Å². The first kappa shape index (κ1) is 13.3. The van der Waals surface area contributed by atoms with Crippen LogP contribution < -0.4 is 10.6 Å². The van der Waals surface area contributed by atoms with Crippen molar-refractivity contribution < 1.29 is 5.11 Å². The number of aliphatic hydroxyl groups excluding tert-OH is 1. The van der Waals surface area contributed by atoms with Crippen LogP contribution in [0.3, 0.4) is 0 Å². The Morgan fingerprint density at radius 1 is 1.33 bits per heavy atom. The van der Waals surface area contributed by atoms with Crippen LogP contribution in [0.2, 0.25) is 0 Å². The van der Waals surface area contributed by atoms with E-state index < -0.39 is 0 Å². The quantitative estimate of drug-likeness (QED) is 0.856. The van der Waals surface area contributed by atoms with Crippen LogP contribution in [-0.2, 0) is 0 Å². The molecule has 0 saturated carbocycles. The van der Waals surface area contributed by atoms with Crippen LogP contribution in [0.5, 0.6) is 0 Å². The highest BCUT2D eigenvalue weighted by molar-refractivity contribution is 5.45. The maximum Gasteiger partial charge on any atom is 0.0569 e. The minimum Gasteiger partial charge on any atom is -0.393 e. The van der Waals surface area contributed by atoms with E-state index in [9.17, 15) is 5.11 Å². The lowest BCUT2D eigenvalue weighted by Crippen LogP contribution is -2.37. The zero-order valence-electron chi connectivity index (χ0n) is 11.2. The topological polar surface area (TPSA) is 62.4 Å². The third-order valence-corrected chi connectivity index (χ3v) is 3.82. The lowest BCUT2D eigenvalue weighted by molar-refractivity contribution is 0.110. The molecule has 1 aromatic rings. The Bertz CT molecular complexity index is 367. The molecule has 2 atom stereocenters. The molecule has 1 aliphatic rings. The van der Waals surface area contributed by atoms with Gasteiger partial charge in [0.15, 0.2) is 0 Å². The number of aromatic nitrogens is 1. The maximum atomic E-state index is 9.59. The number of hydrogen-bond acceptors (Lipinski definition) is 4. The summed E-state index contributed by atoms with van der Waals surface area (Å²) in [4.78, 5) is 6.72. The molecule has 1 aliphatic heterocycles. The predicted molar refractivity (Wildman–Crippen MR) is 73.5 cm³/mol. The number of anilines is 1. The van der Waals surface area contributed by atoms with Gasteiger partial charge in [-0.1, -0.05) is 0 Å². The second-order valence-corrected chi connectivity index (χ2v) is 5.30. The smallest absolute Gasteiger partial charge is 0.0569 e. The molecule has 0 spiro atoms. The predicted octanol–water partition coefficient (Wildman–Crippen LogP) is 1.70. The number of nitrogens with two attached hydrogens (primary N) is 1. The fourth-order valence-electron chi connectivity index (χ4n) is 2.49. The molecule has 0 aromatic carbocycles. The number of rotatable bonds is 3. The van der Waals surface area contributed by atoms with Crippen LogP contribution in [0.1, 0.15) is 38.4 Å². The van der Waals surface area contributed by atoms with E-state index >= 15 is 0 Å². The fourth-order valence-corrected chi connectivity index (χ4v) is 2.49. The molecular formula is C14H23N3O. The zero-order chi connectivity index (χ0) is 13.1. The molecule has 1 aromatic heterocycles. The summed E-state index contributed by atoms with van der Waals surface area (Å²) in [6.07, 6.45) is 3.81. The highest BCUT2D eigenvalue weighted by Crippen LogP contribution is 2.25. The van der Waals surface area contributed by atoms with Gasteiger partial charge in [0.1, 0.15) is 0 Å². The van der Waals surface area contributed by atoms with Crippen LogP contribution in [0.25, 0.3) is 0 Å². The minimum atomic E-state index is -0.189. The Morgan fingerprint density at radius 2 is 2.00 bits per heavy atom. The van der Waals surface area contributed by atoms with Gasteiger partial charge in [-0.05, 0) is 44.7 Å². The van der Waals surface area contributed by atoms with Crippen molar-refractivity contribution in [3.05, 3.63) is 24.0 Å². The van der Waals surface area contributed by atoms with Gasteiger partial charge in [-0.25, -0.2) is 0 Å². The molecule has 1 saturated heterocycles. The van der Waals surface area contributed by atoms with Gasteiger partial charge in [-0.3, -0.25) is 4.98 Å². The van der Waals surface area contributed by atoms with Crippen molar-refractivity contribution in [2.24, 2.45) is 11.7 Å². The molecule has 18 heavy (non-hydrogen) atoms. The second-order valence-electron chi connectivity index (χ2n) is 5.30.